The quantitative estimate of drug-likeness (QED) is 0.417. The van der Waals surface area contributed by atoms with Gasteiger partial charge in [0.25, 0.3) is 0 Å². The van der Waals surface area contributed by atoms with Crippen molar-refractivity contribution < 1.29 is 18.3 Å². The van der Waals surface area contributed by atoms with Crippen LogP contribution in [0.15, 0.2) is 37.3 Å². The number of nitrogens with one attached hydrogen (secondary N) is 1. The van der Waals surface area contributed by atoms with Crippen LogP contribution in [-0.4, -0.2) is 25.5 Å². The summed E-state index contributed by atoms with van der Waals surface area (Å²) in [7, 11) is 2.92. The molecule has 9 heteroatoms. The minimum atomic E-state index is -0.344. The van der Waals surface area contributed by atoms with Gasteiger partial charge in [-0.25, -0.2) is 0 Å². The number of hydrazone groups is 1. The standard InChI is InChI=1S/C15H13N3O5S/c1-20-11-8-3-4-22-12(8)14(21-2)13-9(11)10(19)7(6-23-13)5-17-18-15(16)24/h3-6H,1-2H3,(H3,16,18,24). The van der Waals surface area contributed by atoms with Crippen molar-refractivity contribution in [1.29, 1.82) is 0 Å². The van der Waals surface area contributed by atoms with Crippen molar-refractivity contribution in [2.24, 2.45) is 10.8 Å². The van der Waals surface area contributed by atoms with Gasteiger partial charge in [0.05, 0.1) is 37.6 Å². The molecule has 3 rings (SSSR count). The van der Waals surface area contributed by atoms with Crippen LogP contribution >= 0.6 is 12.2 Å². The highest BCUT2D eigenvalue weighted by Crippen LogP contribution is 2.41. The molecule has 0 unspecified atom stereocenters. The van der Waals surface area contributed by atoms with Crippen molar-refractivity contribution in [1.82, 2.24) is 5.43 Å². The molecule has 0 atom stereocenters. The first-order chi connectivity index (χ1) is 11.6. The van der Waals surface area contributed by atoms with Crippen molar-refractivity contribution in [3.05, 3.63) is 34.4 Å². The Kier molecular flexibility index (Phi) is 4.09. The third-order valence-electron chi connectivity index (χ3n) is 3.36. The van der Waals surface area contributed by atoms with Gasteiger partial charge in [-0.3, -0.25) is 10.2 Å². The minimum absolute atomic E-state index is 0.0178. The molecule has 2 aromatic heterocycles. The number of nitrogens with two attached hydrogens (primary N) is 1. The highest BCUT2D eigenvalue weighted by Gasteiger charge is 2.22. The molecule has 1 aromatic carbocycles. The van der Waals surface area contributed by atoms with Crippen LogP contribution < -0.4 is 26.1 Å². The van der Waals surface area contributed by atoms with Gasteiger partial charge in [-0.2, -0.15) is 5.10 Å². The van der Waals surface area contributed by atoms with Gasteiger partial charge in [0.1, 0.15) is 17.4 Å². The number of fused-ring (bicyclic) bond motifs is 2. The van der Waals surface area contributed by atoms with E-state index in [9.17, 15) is 4.79 Å². The number of thiocarbonyl (C=S) groups is 1. The molecule has 0 fully saturated rings. The summed E-state index contributed by atoms with van der Waals surface area (Å²) in [6.07, 6.45) is 4.00. The number of rotatable bonds is 4. The van der Waals surface area contributed by atoms with Crippen LogP contribution in [0.3, 0.4) is 0 Å². The lowest BCUT2D eigenvalue weighted by Crippen LogP contribution is -2.24. The Morgan fingerprint density at radius 2 is 2.04 bits per heavy atom. The number of ether oxygens (including phenoxy) is 2. The normalized spacial score (nSPS) is 11.2. The lowest BCUT2D eigenvalue weighted by atomic mass is 10.1. The Balaban J connectivity index is 2.34. The van der Waals surface area contributed by atoms with Gasteiger partial charge in [-0.15, -0.1) is 0 Å². The van der Waals surface area contributed by atoms with E-state index in [0.717, 1.165) is 0 Å². The van der Waals surface area contributed by atoms with Gasteiger partial charge in [-0.05, 0) is 18.3 Å². The van der Waals surface area contributed by atoms with Gasteiger partial charge in [-0.1, -0.05) is 0 Å². The summed E-state index contributed by atoms with van der Waals surface area (Å²) in [6, 6.07) is 1.69. The van der Waals surface area contributed by atoms with E-state index < -0.39 is 0 Å². The smallest absolute Gasteiger partial charge is 0.206 e. The average Bonchev–Trinajstić information content (AvgIpc) is 3.03. The van der Waals surface area contributed by atoms with E-state index in [1.54, 1.807) is 6.07 Å². The fourth-order valence-electron chi connectivity index (χ4n) is 2.41. The lowest BCUT2D eigenvalue weighted by Gasteiger charge is -2.10. The van der Waals surface area contributed by atoms with Crippen molar-refractivity contribution in [3.8, 4) is 11.5 Å². The maximum absolute atomic E-state index is 12.8. The van der Waals surface area contributed by atoms with Crippen LogP contribution in [0.5, 0.6) is 11.5 Å². The zero-order valence-corrected chi connectivity index (χ0v) is 13.6. The first kappa shape index (κ1) is 15.8. The Morgan fingerprint density at radius 3 is 2.71 bits per heavy atom. The Hall–Kier alpha value is -3.07. The molecule has 24 heavy (non-hydrogen) atoms. The van der Waals surface area contributed by atoms with E-state index in [2.05, 4.69) is 22.7 Å². The highest BCUT2D eigenvalue weighted by atomic mass is 32.1. The molecule has 0 amide bonds. The monoisotopic (exact) mass is 347 g/mol. The Morgan fingerprint density at radius 1 is 1.29 bits per heavy atom. The van der Waals surface area contributed by atoms with E-state index >= 15 is 0 Å². The highest BCUT2D eigenvalue weighted by molar-refractivity contribution is 7.80. The van der Waals surface area contributed by atoms with Crippen molar-refractivity contribution >= 4 is 45.5 Å². The molecule has 2 heterocycles. The van der Waals surface area contributed by atoms with Gasteiger partial charge < -0.3 is 24.0 Å². The van der Waals surface area contributed by atoms with Crippen LogP contribution in [0.4, 0.5) is 0 Å². The van der Waals surface area contributed by atoms with Gasteiger partial charge in [0.2, 0.25) is 11.2 Å². The van der Waals surface area contributed by atoms with Crippen LogP contribution in [0, 0.1) is 0 Å². The Labute approximate surface area is 140 Å². The fraction of sp³-hybridized carbons (Fsp3) is 0.133. The zero-order chi connectivity index (χ0) is 17.3. The van der Waals surface area contributed by atoms with Crippen molar-refractivity contribution in [2.75, 3.05) is 14.2 Å². The number of methoxy groups -OCH3 is 2. The van der Waals surface area contributed by atoms with Crippen molar-refractivity contribution in [3.63, 3.8) is 0 Å². The molecule has 0 bridgehead atoms. The number of nitrogens with zero attached hydrogens (tertiary/aromatic N) is 1. The predicted molar refractivity (Wildman–Crippen MR) is 92.9 cm³/mol. The van der Waals surface area contributed by atoms with E-state index in [0.29, 0.717) is 22.5 Å². The van der Waals surface area contributed by atoms with Gasteiger partial charge >= 0.3 is 0 Å². The number of benzene rings is 1. The fourth-order valence-corrected chi connectivity index (χ4v) is 2.46. The van der Waals surface area contributed by atoms with E-state index in [1.807, 2.05) is 0 Å². The number of furan rings is 1. The van der Waals surface area contributed by atoms with Crippen molar-refractivity contribution in [2.45, 2.75) is 0 Å². The molecule has 0 radical (unpaired) electrons. The molecular weight excluding hydrogens is 334 g/mol. The molecule has 0 saturated carbocycles. The first-order valence-corrected chi connectivity index (χ1v) is 7.14. The predicted octanol–water partition coefficient (Wildman–Crippen LogP) is 1.72. The number of hydrogen-bond acceptors (Lipinski definition) is 7. The molecule has 124 valence electrons. The molecule has 8 nitrogen and oxygen atoms in total. The average molecular weight is 347 g/mol. The molecule has 3 aromatic rings. The lowest BCUT2D eigenvalue weighted by molar-refractivity contribution is 0.400. The van der Waals surface area contributed by atoms with Gasteiger partial charge in [0.15, 0.2) is 16.3 Å². The summed E-state index contributed by atoms with van der Waals surface area (Å²) in [4.78, 5) is 12.8. The molecule has 0 aliphatic rings. The third kappa shape index (κ3) is 2.44. The molecule has 3 N–H and O–H groups in total. The van der Waals surface area contributed by atoms with Gasteiger partial charge in [0, 0.05) is 0 Å². The SMILES string of the molecule is COc1c2occc2c(OC)c2c(=O)c(C=NNC(N)=S)coc12. The molecule has 0 aliphatic carbocycles. The maximum Gasteiger partial charge on any atom is 0.206 e. The summed E-state index contributed by atoms with van der Waals surface area (Å²) < 4.78 is 21.7. The summed E-state index contributed by atoms with van der Waals surface area (Å²) >= 11 is 4.64. The summed E-state index contributed by atoms with van der Waals surface area (Å²) in [5, 5.41) is 4.58. The Bertz CT molecular complexity index is 1020. The summed E-state index contributed by atoms with van der Waals surface area (Å²) in [6.45, 7) is 0. The second-order valence-electron chi connectivity index (χ2n) is 4.69. The summed E-state index contributed by atoms with van der Waals surface area (Å²) in [5.74, 6) is 0.647. The first-order valence-electron chi connectivity index (χ1n) is 6.73. The van der Waals surface area contributed by atoms with Crippen LogP contribution in [0.25, 0.3) is 21.9 Å². The molecule has 0 saturated heterocycles. The minimum Gasteiger partial charge on any atom is -0.495 e. The van der Waals surface area contributed by atoms with Crippen LogP contribution in [-0.2, 0) is 0 Å². The third-order valence-corrected chi connectivity index (χ3v) is 3.45. The summed E-state index contributed by atoms with van der Waals surface area (Å²) in [5.41, 5.74) is 8.15. The van der Waals surface area contributed by atoms with Crippen LogP contribution in [0.1, 0.15) is 5.56 Å². The second kappa shape index (κ2) is 6.20. The topological polar surface area (TPSA) is 112 Å². The largest absolute Gasteiger partial charge is 0.495 e. The molecule has 0 spiro atoms. The zero-order valence-electron chi connectivity index (χ0n) is 12.8. The van der Waals surface area contributed by atoms with E-state index in [4.69, 9.17) is 24.0 Å². The second-order valence-corrected chi connectivity index (χ2v) is 5.13. The van der Waals surface area contributed by atoms with E-state index in [-0.39, 0.29) is 27.1 Å². The molecule has 0 aliphatic heterocycles. The van der Waals surface area contributed by atoms with E-state index in [1.165, 1.54) is 33.0 Å². The molecular formula is C15H13N3O5S. The number of hydrogen-bond donors (Lipinski definition) is 2. The van der Waals surface area contributed by atoms with Crippen LogP contribution in [0.2, 0.25) is 0 Å². The maximum atomic E-state index is 12.8.